The van der Waals surface area contributed by atoms with E-state index in [0.29, 0.717) is 16.6 Å². The van der Waals surface area contributed by atoms with Crippen molar-refractivity contribution in [1.29, 1.82) is 0 Å². The SMILES string of the molecule is O=C(c1ccccc1)c1ccc2c(c1)[Se](=O)CN2CCN1CCCC1. The molecule has 2 aromatic carbocycles. The molecule has 4 nitrogen and oxygen atoms in total. The Morgan fingerprint density at radius 1 is 0.960 bits per heavy atom. The molecule has 2 aliphatic heterocycles. The predicted molar refractivity (Wildman–Crippen MR) is 100 cm³/mol. The van der Waals surface area contributed by atoms with Gasteiger partial charge in [-0.2, -0.15) is 0 Å². The first-order valence-electron chi connectivity index (χ1n) is 8.82. The molecule has 0 aliphatic carbocycles. The topological polar surface area (TPSA) is 40.6 Å². The fraction of sp³-hybridized carbons (Fsp3) is 0.350. The van der Waals surface area contributed by atoms with Crippen molar-refractivity contribution in [3.05, 3.63) is 59.7 Å². The second-order valence-corrected chi connectivity index (χ2v) is 9.58. The summed E-state index contributed by atoms with van der Waals surface area (Å²) in [4.78, 5) is 17.3. The van der Waals surface area contributed by atoms with Crippen molar-refractivity contribution >= 4 is 29.8 Å². The van der Waals surface area contributed by atoms with Crippen LogP contribution in [0.25, 0.3) is 0 Å². The molecule has 1 fully saturated rings. The van der Waals surface area contributed by atoms with Gasteiger partial charge in [0, 0.05) is 0 Å². The molecule has 0 saturated carbocycles. The second-order valence-electron chi connectivity index (χ2n) is 6.66. The summed E-state index contributed by atoms with van der Waals surface area (Å²) in [6.45, 7) is 4.31. The van der Waals surface area contributed by atoms with Gasteiger partial charge in [-0.3, -0.25) is 0 Å². The normalized spacial score (nSPS) is 20.0. The van der Waals surface area contributed by atoms with Gasteiger partial charge in [0.2, 0.25) is 0 Å². The van der Waals surface area contributed by atoms with E-state index in [2.05, 4.69) is 9.80 Å². The Morgan fingerprint density at radius 3 is 2.48 bits per heavy atom. The zero-order valence-electron chi connectivity index (χ0n) is 14.2. The summed E-state index contributed by atoms with van der Waals surface area (Å²) in [6.07, 6.45) is 2.58. The summed E-state index contributed by atoms with van der Waals surface area (Å²) >= 11 is -2.08. The number of ketones is 1. The Balaban J connectivity index is 1.53. The van der Waals surface area contributed by atoms with Gasteiger partial charge >= 0.3 is 152 Å². The molecule has 0 N–H and O–H groups in total. The molecule has 1 unspecified atom stereocenters. The zero-order valence-corrected chi connectivity index (χ0v) is 15.9. The first kappa shape index (κ1) is 16.6. The molecule has 1 saturated heterocycles. The average Bonchev–Trinajstić information content (AvgIpc) is 3.28. The van der Waals surface area contributed by atoms with Gasteiger partial charge < -0.3 is 0 Å². The second kappa shape index (κ2) is 7.20. The molecule has 0 aromatic heterocycles. The number of carbonyl (C=O) groups is 1. The Morgan fingerprint density at radius 2 is 1.72 bits per heavy atom. The molecule has 0 amide bonds. The van der Waals surface area contributed by atoms with Crippen LogP contribution >= 0.6 is 0 Å². The van der Waals surface area contributed by atoms with Crippen molar-refractivity contribution < 1.29 is 8.63 Å². The zero-order chi connectivity index (χ0) is 17.2. The number of hydrogen-bond acceptors (Lipinski definition) is 4. The van der Waals surface area contributed by atoms with Crippen molar-refractivity contribution in [2.75, 3.05) is 36.5 Å². The van der Waals surface area contributed by atoms with E-state index in [1.165, 1.54) is 25.9 Å². The van der Waals surface area contributed by atoms with E-state index in [4.69, 9.17) is 0 Å². The fourth-order valence-corrected chi connectivity index (χ4v) is 6.48. The third kappa shape index (κ3) is 3.45. The summed E-state index contributed by atoms with van der Waals surface area (Å²) in [6, 6.07) is 15.0. The van der Waals surface area contributed by atoms with E-state index in [-0.39, 0.29) is 5.78 Å². The minimum atomic E-state index is -2.08. The van der Waals surface area contributed by atoms with Crippen LogP contribution in [0.1, 0.15) is 28.8 Å². The summed E-state index contributed by atoms with van der Waals surface area (Å²) in [5, 5.41) is 0. The number of hydrogen-bond donors (Lipinski definition) is 0. The van der Waals surface area contributed by atoms with Gasteiger partial charge in [-0.05, 0) is 0 Å². The van der Waals surface area contributed by atoms with Crippen molar-refractivity contribution in [1.82, 2.24) is 4.90 Å². The number of fused-ring (bicyclic) bond motifs is 1. The molecule has 5 heteroatoms. The molecule has 4 rings (SSSR count). The van der Waals surface area contributed by atoms with Crippen LogP contribution < -0.4 is 9.36 Å². The van der Waals surface area contributed by atoms with E-state index in [1.54, 1.807) is 0 Å². The fourth-order valence-electron chi connectivity index (χ4n) is 3.59. The molecule has 2 aromatic rings. The summed E-state index contributed by atoms with van der Waals surface area (Å²) in [5.74, 6) is -0.00211. The van der Waals surface area contributed by atoms with Crippen LogP contribution in [-0.4, -0.2) is 56.1 Å². The molecule has 0 radical (unpaired) electrons. The first-order valence-corrected chi connectivity index (χ1v) is 11.6. The molecule has 2 aliphatic rings. The Kier molecular flexibility index (Phi) is 4.80. The van der Waals surface area contributed by atoms with Crippen LogP contribution in [-0.2, 0) is 3.83 Å². The van der Waals surface area contributed by atoms with Gasteiger partial charge in [-0.25, -0.2) is 0 Å². The molecule has 130 valence electrons. The molecular weight excluding hydrogens is 379 g/mol. The van der Waals surface area contributed by atoms with Gasteiger partial charge in [0.15, 0.2) is 0 Å². The van der Waals surface area contributed by atoms with Gasteiger partial charge in [0.25, 0.3) is 0 Å². The summed E-state index contributed by atoms with van der Waals surface area (Å²) in [5.41, 5.74) is 3.00. The van der Waals surface area contributed by atoms with Crippen molar-refractivity contribution in [3.63, 3.8) is 0 Å². The van der Waals surface area contributed by atoms with E-state index in [1.807, 2.05) is 48.5 Å². The standard InChI is InChI=1S/C20H22N2O2Se/c23-20(16-6-2-1-3-7-16)17-8-9-18-19(14-17)25(24)15-22(18)13-12-21-10-4-5-11-21/h1-3,6-9,14H,4-5,10-13,15H2. The summed E-state index contributed by atoms with van der Waals surface area (Å²) in [7, 11) is 0. The molecule has 2 heterocycles. The van der Waals surface area contributed by atoms with E-state index >= 15 is 0 Å². The van der Waals surface area contributed by atoms with Crippen LogP contribution in [0.2, 0.25) is 0 Å². The van der Waals surface area contributed by atoms with Gasteiger partial charge in [-0.1, -0.05) is 0 Å². The third-order valence-electron chi connectivity index (χ3n) is 5.00. The van der Waals surface area contributed by atoms with Crippen molar-refractivity contribution in [2.45, 2.75) is 12.8 Å². The van der Waals surface area contributed by atoms with Gasteiger partial charge in [0.05, 0.1) is 0 Å². The molecule has 1 atom stereocenters. The molecule has 0 spiro atoms. The maximum absolute atomic E-state index is 12.6. The molecular formula is C20H22N2O2Se. The van der Waals surface area contributed by atoms with E-state index in [9.17, 15) is 8.63 Å². The van der Waals surface area contributed by atoms with Crippen LogP contribution in [0.15, 0.2) is 48.5 Å². The Bertz CT molecular complexity index is 801. The van der Waals surface area contributed by atoms with Crippen molar-refractivity contribution in [3.8, 4) is 0 Å². The third-order valence-corrected chi connectivity index (χ3v) is 7.86. The number of carbonyl (C=O) groups excluding carboxylic acids is 1. The number of benzene rings is 2. The summed E-state index contributed by atoms with van der Waals surface area (Å²) < 4.78 is 13.5. The van der Waals surface area contributed by atoms with Gasteiger partial charge in [-0.15, -0.1) is 0 Å². The number of likely N-dealkylation sites (tertiary alicyclic amines) is 1. The van der Waals surface area contributed by atoms with Crippen LogP contribution in [0.4, 0.5) is 5.69 Å². The maximum atomic E-state index is 12.6. The van der Waals surface area contributed by atoms with Crippen LogP contribution in [0, 0.1) is 0 Å². The monoisotopic (exact) mass is 402 g/mol. The van der Waals surface area contributed by atoms with E-state index < -0.39 is 13.8 Å². The number of anilines is 1. The predicted octanol–water partition coefficient (Wildman–Crippen LogP) is 2.00. The van der Waals surface area contributed by atoms with Crippen LogP contribution in [0.5, 0.6) is 0 Å². The molecule has 25 heavy (non-hydrogen) atoms. The Hall–Kier alpha value is -1.81. The van der Waals surface area contributed by atoms with Gasteiger partial charge in [0.1, 0.15) is 0 Å². The van der Waals surface area contributed by atoms with Crippen LogP contribution in [0.3, 0.4) is 0 Å². The first-order chi connectivity index (χ1) is 12.2. The number of nitrogens with zero attached hydrogens (tertiary/aromatic N) is 2. The average molecular weight is 401 g/mol. The minimum absolute atomic E-state index is 0.00211. The quantitative estimate of drug-likeness (QED) is 0.568. The number of rotatable bonds is 5. The van der Waals surface area contributed by atoms with E-state index in [0.717, 1.165) is 23.2 Å². The Labute approximate surface area is 152 Å². The molecule has 0 bridgehead atoms. The van der Waals surface area contributed by atoms with Crippen molar-refractivity contribution in [2.24, 2.45) is 0 Å².